The van der Waals surface area contributed by atoms with Gasteiger partial charge in [-0.1, -0.05) is 122 Å². The van der Waals surface area contributed by atoms with Gasteiger partial charge in [-0.05, 0) is 44.9 Å². The summed E-state index contributed by atoms with van der Waals surface area (Å²) < 4.78 is 0. The molecule has 0 fully saturated rings. The predicted octanol–water partition coefficient (Wildman–Crippen LogP) is 7.53. The maximum absolute atomic E-state index is 12.3. The predicted molar refractivity (Wildman–Crippen MR) is 158 cm³/mol. The molecule has 0 heterocycles. The van der Waals surface area contributed by atoms with Crippen LogP contribution in [0.15, 0.2) is 24.3 Å². The summed E-state index contributed by atoms with van der Waals surface area (Å²) >= 11 is 0. The zero-order chi connectivity index (χ0) is 27.4. The molecule has 0 saturated heterocycles. The molecule has 5 heteroatoms. The minimum atomic E-state index is -0.927. The van der Waals surface area contributed by atoms with Crippen LogP contribution in [0.5, 0.6) is 0 Å². The quantitative estimate of drug-likeness (QED) is 0.0661. The van der Waals surface area contributed by atoms with E-state index >= 15 is 0 Å². The van der Waals surface area contributed by atoms with E-state index in [1.165, 1.54) is 83.5 Å². The molecule has 0 aromatic carbocycles. The molecule has 0 aliphatic carbocycles. The molecule has 0 aliphatic heterocycles. The van der Waals surface area contributed by atoms with Gasteiger partial charge in [-0.2, -0.15) is 0 Å². The van der Waals surface area contributed by atoms with Crippen LogP contribution in [0.1, 0.15) is 149 Å². The number of amides is 1. The SMILES string of the molecule is CCCCC/C=C\CCCCCC(O)CC(=O)NC(CO)C(O)/C=C/CCCCCCCCCCCC. The highest BCUT2D eigenvalue weighted by Crippen LogP contribution is 2.12. The second kappa shape index (κ2) is 27.9. The van der Waals surface area contributed by atoms with Crippen molar-refractivity contribution in [3.8, 4) is 0 Å². The van der Waals surface area contributed by atoms with Gasteiger partial charge in [0.05, 0.1) is 31.3 Å². The maximum Gasteiger partial charge on any atom is 0.222 e. The fourth-order valence-electron chi connectivity index (χ4n) is 4.51. The second-order valence-corrected chi connectivity index (χ2v) is 10.7. The molecule has 5 nitrogen and oxygen atoms in total. The fraction of sp³-hybridized carbons (Fsp3) is 0.844. The Labute approximate surface area is 229 Å². The van der Waals surface area contributed by atoms with Crippen LogP contribution in [0.4, 0.5) is 0 Å². The van der Waals surface area contributed by atoms with Crippen molar-refractivity contribution in [2.45, 2.75) is 167 Å². The number of carbonyl (C=O) groups excluding carboxylic acids is 1. The zero-order valence-electron chi connectivity index (χ0n) is 24.3. The van der Waals surface area contributed by atoms with E-state index in [1.807, 2.05) is 6.08 Å². The monoisotopic (exact) mass is 523 g/mol. The molecule has 0 radical (unpaired) electrons. The summed E-state index contributed by atoms with van der Waals surface area (Å²) in [5.41, 5.74) is 0. The minimum absolute atomic E-state index is 0.00285. The van der Waals surface area contributed by atoms with Crippen molar-refractivity contribution in [2.75, 3.05) is 6.61 Å². The first-order chi connectivity index (χ1) is 18.0. The third kappa shape index (κ3) is 24.9. The third-order valence-electron chi connectivity index (χ3n) is 6.98. The number of nitrogens with one attached hydrogen (secondary N) is 1. The van der Waals surface area contributed by atoms with E-state index in [0.717, 1.165) is 38.5 Å². The van der Waals surface area contributed by atoms with Crippen LogP contribution in [0.25, 0.3) is 0 Å². The van der Waals surface area contributed by atoms with Gasteiger partial charge >= 0.3 is 0 Å². The normalized spacial score (nSPS) is 14.4. The smallest absolute Gasteiger partial charge is 0.222 e. The molecular formula is C32H61NO4. The van der Waals surface area contributed by atoms with E-state index in [0.29, 0.717) is 6.42 Å². The van der Waals surface area contributed by atoms with Gasteiger partial charge in [0.15, 0.2) is 0 Å². The number of unbranched alkanes of at least 4 members (excludes halogenated alkanes) is 16. The minimum Gasteiger partial charge on any atom is -0.394 e. The summed E-state index contributed by atoms with van der Waals surface area (Å²) in [6, 6.07) is -0.743. The summed E-state index contributed by atoms with van der Waals surface area (Å²) in [6.45, 7) is 4.13. The molecule has 0 aliphatic rings. The van der Waals surface area contributed by atoms with Crippen LogP contribution >= 0.6 is 0 Å². The highest BCUT2D eigenvalue weighted by atomic mass is 16.3. The lowest BCUT2D eigenvalue weighted by Gasteiger charge is -2.21. The molecule has 0 aromatic heterocycles. The molecule has 0 bridgehead atoms. The van der Waals surface area contributed by atoms with E-state index < -0.39 is 18.2 Å². The number of hydrogen-bond donors (Lipinski definition) is 4. The fourth-order valence-corrected chi connectivity index (χ4v) is 4.51. The van der Waals surface area contributed by atoms with Crippen LogP contribution in [0.3, 0.4) is 0 Å². The number of rotatable bonds is 27. The van der Waals surface area contributed by atoms with Crippen LogP contribution in [-0.4, -0.2) is 46.1 Å². The average molecular weight is 524 g/mol. The molecule has 0 aromatic rings. The molecule has 1 amide bonds. The first kappa shape index (κ1) is 35.8. The van der Waals surface area contributed by atoms with Gasteiger partial charge in [0.1, 0.15) is 0 Å². The van der Waals surface area contributed by atoms with Crippen molar-refractivity contribution in [1.82, 2.24) is 5.32 Å². The molecule has 37 heavy (non-hydrogen) atoms. The Morgan fingerprint density at radius 1 is 0.676 bits per heavy atom. The number of allylic oxidation sites excluding steroid dienone is 3. The van der Waals surface area contributed by atoms with Crippen LogP contribution < -0.4 is 5.32 Å². The Kier molecular flexibility index (Phi) is 27.0. The van der Waals surface area contributed by atoms with Gasteiger partial charge in [0.2, 0.25) is 5.91 Å². The number of aliphatic hydroxyl groups is 3. The molecule has 3 atom stereocenters. The Hall–Kier alpha value is -1.17. The highest BCUT2D eigenvalue weighted by Gasteiger charge is 2.20. The van der Waals surface area contributed by atoms with Crippen molar-refractivity contribution in [2.24, 2.45) is 0 Å². The van der Waals surface area contributed by atoms with Crippen LogP contribution in [-0.2, 0) is 4.79 Å². The maximum atomic E-state index is 12.3. The van der Waals surface area contributed by atoms with Crippen molar-refractivity contribution in [3.05, 3.63) is 24.3 Å². The lowest BCUT2D eigenvalue weighted by molar-refractivity contribution is -0.124. The third-order valence-corrected chi connectivity index (χ3v) is 6.98. The number of aliphatic hydroxyl groups excluding tert-OH is 3. The van der Waals surface area contributed by atoms with Crippen molar-refractivity contribution in [1.29, 1.82) is 0 Å². The van der Waals surface area contributed by atoms with E-state index in [-0.39, 0.29) is 18.9 Å². The van der Waals surface area contributed by atoms with Gasteiger partial charge in [-0.15, -0.1) is 0 Å². The Morgan fingerprint density at radius 2 is 1.14 bits per heavy atom. The van der Waals surface area contributed by atoms with Gasteiger partial charge in [0.25, 0.3) is 0 Å². The number of carbonyl (C=O) groups is 1. The van der Waals surface area contributed by atoms with E-state index in [2.05, 4.69) is 31.3 Å². The molecule has 218 valence electrons. The van der Waals surface area contributed by atoms with Crippen LogP contribution in [0, 0.1) is 0 Å². The summed E-state index contributed by atoms with van der Waals surface area (Å²) in [4.78, 5) is 12.3. The highest BCUT2D eigenvalue weighted by molar-refractivity contribution is 5.76. The molecule has 0 rings (SSSR count). The van der Waals surface area contributed by atoms with Crippen molar-refractivity contribution >= 4 is 5.91 Å². The summed E-state index contributed by atoms with van der Waals surface area (Å²) in [6.07, 6.45) is 30.1. The molecule has 0 saturated carbocycles. The molecule has 3 unspecified atom stereocenters. The Morgan fingerprint density at radius 3 is 1.70 bits per heavy atom. The van der Waals surface area contributed by atoms with Crippen molar-refractivity contribution < 1.29 is 20.1 Å². The molecule has 4 N–H and O–H groups in total. The lowest BCUT2D eigenvalue weighted by Crippen LogP contribution is -2.45. The standard InChI is InChI=1S/C32H61NO4/c1-3-5-7-9-11-13-15-16-18-20-22-24-26-31(36)30(28-34)33-32(37)27-29(35)25-23-21-19-17-14-12-10-8-6-4-2/h12,14,24,26,29-31,34-36H,3-11,13,15-23,25,27-28H2,1-2H3,(H,33,37)/b14-12-,26-24+. The lowest BCUT2D eigenvalue weighted by atomic mass is 10.0. The van der Waals surface area contributed by atoms with E-state index in [9.17, 15) is 20.1 Å². The van der Waals surface area contributed by atoms with E-state index in [4.69, 9.17) is 0 Å². The summed E-state index contributed by atoms with van der Waals surface area (Å²) in [7, 11) is 0. The number of hydrogen-bond acceptors (Lipinski definition) is 4. The van der Waals surface area contributed by atoms with Gasteiger partial charge in [-0.25, -0.2) is 0 Å². The zero-order valence-corrected chi connectivity index (χ0v) is 24.3. The topological polar surface area (TPSA) is 89.8 Å². The van der Waals surface area contributed by atoms with Crippen LogP contribution in [0.2, 0.25) is 0 Å². The van der Waals surface area contributed by atoms with Gasteiger partial charge in [0, 0.05) is 0 Å². The van der Waals surface area contributed by atoms with Gasteiger partial charge in [-0.3, -0.25) is 4.79 Å². The molecule has 0 spiro atoms. The summed E-state index contributed by atoms with van der Waals surface area (Å²) in [5.74, 6) is -0.330. The largest absolute Gasteiger partial charge is 0.394 e. The Balaban J connectivity index is 3.85. The first-order valence-electron chi connectivity index (χ1n) is 15.6. The Bertz CT molecular complexity index is 549. The van der Waals surface area contributed by atoms with E-state index in [1.54, 1.807) is 6.08 Å². The second-order valence-electron chi connectivity index (χ2n) is 10.7. The van der Waals surface area contributed by atoms with Gasteiger partial charge < -0.3 is 20.6 Å². The summed E-state index contributed by atoms with van der Waals surface area (Å²) in [5, 5.41) is 32.8. The van der Waals surface area contributed by atoms with Crippen molar-refractivity contribution in [3.63, 3.8) is 0 Å². The molecular weight excluding hydrogens is 462 g/mol. The average Bonchev–Trinajstić information content (AvgIpc) is 2.88. The first-order valence-corrected chi connectivity index (χ1v) is 15.6.